The van der Waals surface area contributed by atoms with Crippen LogP contribution in [0.15, 0.2) is 18.2 Å². The number of aldehydes is 1. The van der Waals surface area contributed by atoms with Crippen molar-refractivity contribution in [2.24, 2.45) is 5.73 Å². The summed E-state index contributed by atoms with van der Waals surface area (Å²) in [6.07, 6.45) is 2.89. The Morgan fingerprint density at radius 2 is 2.20 bits per heavy atom. The molecule has 4 heteroatoms. The molecule has 2 rings (SSSR count). The van der Waals surface area contributed by atoms with Gasteiger partial charge in [0.05, 0.1) is 11.7 Å². The molecule has 1 amide bonds. The Morgan fingerprint density at radius 1 is 1.47 bits per heavy atom. The number of amides is 1. The summed E-state index contributed by atoms with van der Waals surface area (Å²) in [6, 6.07) is 4.67. The molecular weight excluding hydrogens is 194 g/mol. The Bertz CT molecular complexity index is 410. The van der Waals surface area contributed by atoms with Gasteiger partial charge in [-0.25, -0.2) is 0 Å². The van der Waals surface area contributed by atoms with E-state index in [1.54, 1.807) is 12.1 Å². The fourth-order valence-corrected chi connectivity index (χ4v) is 1.28. The maximum atomic E-state index is 11.1. The maximum absolute atomic E-state index is 11.1. The van der Waals surface area contributed by atoms with Crippen molar-refractivity contribution in [2.75, 3.05) is 0 Å². The van der Waals surface area contributed by atoms with Crippen LogP contribution in [0.4, 0.5) is 0 Å². The molecule has 2 N–H and O–H groups in total. The summed E-state index contributed by atoms with van der Waals surface area (Å²) >= 11 is 0. The van der Waals surface area contributed by atoms with Gasteiger partial charge < -0.3 is 10.5 Å². The van der Waals surface area contributed by atoms with Crippen molar-refractivity contribution >= 4 is 12.2 Å². The third-order valence-corrected chi connectivity index (χ3v) is 2.22. The average molecular weight is 205 g/mol. The van der Waals surface area contributed by atoms with Crippen LogP contribution in [0.2, 0.25) is 0 Å². The Morgan fingerprint density at radius 3 is 2.73 bits per heavy atom. The molecule has 0 heterocycles. The van der Waals surface area contributed by atoms with E-state index >= 15 is 0 Å². The first-order valence-electron chi connectivity index (χ1n) is 4.76. The van der Waals surface area contributed by atoms with E-state index in [2.05, 4.69) is 0 Å². The van der Waals surface area contributed by atoms with E-state index in [4.69, 9.17) is 10.5 Å². The number of carbonyl (C=O) groups excluding carboxylic acids is 2. The second-order valence-electron chi connectivity index (χ2n) is 3.55. The molecular formula is C11H11NO3. The minimum atomic E-state index is -0.575. The maximum Gasteiger partial charge on any atom is 0.252 e. The Hall–Kier alpha value is -1.84. The molecule has 1 aromatic rings. The second-order valence-corrected chi connectivity index (χ2v) is 3.55. The highest BCUT2D eigenvalue weighted by atomic mass is 16.5. The van der Waals surface area contributed by atoms with Crippen LogP contribution in [-0.4, -0.2) is 18.3 Å². The van der Waals surface area contributed by atoms with Crippen molar-refractivity contribution in [1.29, 1.82) is 0 Å². The normalized spacial score (nSPS) is 14.7. The molecule has 1 saturated carbocycles. The van der Waals surface area contributed by atoms with Gasteiger partial charge in [-0.2, -0.15) is 0 Å². The van der Waals surface area contributed by atoms with E-state index in [0.29, 0.717) is 17.6 Å². The van der Waals surface area contributed by atoms with Gasteiger partial charge in [0.15, 0.2) is 0 Å². The van der Waals surface area contributed by atoms with Crippen LogP contribution in [0.3, 0.4) is 0 Å². The predicted octanol–water partition coefficient (Wildman–Crippen LogP) is 1.14. The zero-order valence-corrected chi connectivity index (χ0v) is 8.10. The summed E-state index contributed by atoms with van der Waals surface area (Å²) in [5.74, 6) is -0.107. The molecule has 1 aromatic carbocycles. The van der Waals surface area contributed by atoms with Crippen molar-refractivity contribution in [3.05, 3.63) is 29.3 Å². The van der Waals surface area contributed by atoms with Crippen molar-refractivity contribution in [2.45, 2.75) is 18.9 Å². The van der Waals surface area contributed by atoms with Gasteiger partial charge >= 0.3 is 0 Å². The van der Waals surface area contributed by atoms with Crippen molar-refractivity contribution in [1.82, 2.24) is 0 Å². The minimum Gasteiger partial charge on any atom is -0.490 e. The summed E-state index contributed by atoms with van der Waals surface area (Å²) in [4.78, 5) is 21.7. The summed E-state index contributed by atoms with van der Waals surface area (Å²) in [5.41, 5.74) is 5.89. The number of ether oxygens (including phenoxy) is 1. The Labute approximate surface area is 87.0 Å². The molecule has 0 atom stereocenters. The van der Waals surface area contributed by atoms with E-state index in [-0.39, 0.29) is 11.7 Å². The average Bonchev–Trinajstić information content (AvgIpc) is 3.02. The van der Waals surface area contributed by atoms with Crippen molar-refractivity contribution in [3.8, 4) is 5.75 Å². The van der Waals surface area contributed by atoms with Gasteiger partial charge in [0, 0.05) is 5.56 Å². The molecule has 78 valence electrons. The summed E-state index contributed by atoms with van der Waals surface area (Å²) < 4.78 is 5.50. The van der Waals surface area contributed by atoms with Crippen LogP contribution in [0.5, 0.6) is 5.75 Å². The number of nitrogens with two attached hydrogens (primary N) is 1. The first kappa shape index (κ1) is 9.71. The summed E-state index contributed by atoms with van der Waals surface area (Å²) in [7, 11) is 0. The fraction of sp³-hybridized carbons (Fsp3) is 0.273. The lowest BCUT2D eigenvalue weighted by molar-refractivity contribution is 0.0996. The summed E-state index contributed by atoms with van der Waals surface area (Å²) in [6.45, 7) is 0. The van der Waals surface area contributed by atoms with Crippen LogP contribution in [0.1, 0.15) is 33.6 Å². The van der Waals surface area contributed by atoms with Gasteiger partial charge in [0.2, 0.25) is 0 Å². The molecule has 1 fully saturated rings. The van der Waals surface area contributed by atoms with Gasteiger partial charge in [-0.15, -0.1) is 0 Å². The van der Waals surface area contributed by atoms with Crippen LogP contribution in [-0.2, 0) is 0 Å². The molecule has 15 heavy (non-hydrogen) atoms. The smallest absolute Gasteiger partial charge is 0.252 e. The third kappa shape index (κ3) is 2.15. The van der Waals surface area contributed by atoms with Crippen molar-refractivity contribution < 1.29 is 14.3 Å². The Balaban J connectivity index is 2.33. The van der Waals surface area contributed by atoms with Gasteiger partial charge in [0.25, 0.3) is 5.91 Å². The number of benzene rings is 1. The molecule has 0 aliphatic heterocycles. The molecule has 0 aromatic heterocycles. The molecule has 0 bridgehead atoms. The van der Waals surface area contributed by atoms with E-state index in [1.807, 2.05) is 0 Å². The lowest BCUT2D eigenvalue weighted by Gasteiger charge is -2.08. The van der Waals surface area contributed by atoms with Gasteiger partial charge in [0.1, 0.15) is 12.0 Å². The zero-order chi connectivity index (χ0) is 10.8. The van der Waals surface area contributed by atoms with E-state index < -0.39 is 5.91 Å². The first-order valence-corrected chi connectivity index (χ1v) is 4.76. The SMILES string of the molecule is NC(=O)c1cc(C=O)ccc1OC1CC1. The highest BCUT2D eigenvalue weighted by Crippen LogP contribution is 2.29. The van der Waals surface area contributed by atoms with E-state index in [1.165, 1.54) is 6.07 Å². The van der Waals surface area contributed by atoms with Gasteiger partial charge in [-0.1, -0.05) is 0 Å². The van der Waals surface area contributed by atoms with Gasteiger partial charge in [-0.05, 0) is 31.0 Å². The molecule has 4 nitrogen and oxygen atoms in total. The molecule has 1 aliphatic rings. The number of rotatable bonds is 4. The van der Waals surface area contributed by atoms with Crippen LogP contribution in [0.25, 0.3) is 0 Å². The molecule has 0 saturated heterocycles. The summed E-state index contributed by atoms with van der Waals surface area (Å²) in [5, 5.41) is 0. The van der Waals surface area contributed by atoms with E-state index in [9.17, 15) is 9.59 Å². The van der Waals surface area contributed by atoms with Crippen LogP contribution >= 0.6 is 0 Å². The third-order valence-electron chi connectivity index (χ3n) is 2.22. The van der Waals surface area contributed by atoms with E-state index in [0.717, 1.165) is 12.8 Å². The number of primary amides is 1. The molecule has 0 radical (unpaired) electrons. The second kappa shape index (κ2) is 3.73. The number of carbonyl (C=O) groups is 2. The predicted molar refractivity (Wildman–Crippen MR) is 54.0 cm³/mol. The standard InChI is InChI=1S/C11H11NO3/c12-11(14)9-5-7(6-13)1-4-10(9)15-8-2-3-8/h1,4-6,8H,2-3H2,(H2,12,14). The number of hydrogen-bond donors (Lipinski definition) is 1. The first-order chi connectivity index (χ1) is 7.20. The minimum absolute atomic E-state index is 0.199. The number of hydrogen-bond acceptors (Lipinski definition) is 3. The zero-order valence-electron chi connectivity index (χ0n) is 8.10. The lowest BCUT2D eigenvalue weighted by Crippen LogP contribution is -2.14. The molecule has 0 unspecified atom stereocenters. The van der Waals surface area contributed by atoms with Crippen molar-refractivity contribution in [3.63, 3.8) is 0 Å². The van der Waals surface area contributed by atoms with Crippen LogP contribution in [0, 0.1) is 0 Å². The lowest BCUT2D eigenvalue weighted by atomic mass is 10.1. The quantitative estimate of drug-likeness (QED) is 0.749. The largest absolute Gasteiger partial charge is 0.490 e. The molecule has 1 aliphatic carbocycles. The Kier molecular flexibility index (Phi) is 2.41. The topological polar surface area (TPSA) is 69.4 Å². The fourth-order valence-electron chi connectivity index (χ4n) is 1.28. The van der Waals surface area contributed by atoms with Crippen LogP contribution < -0.4 is 10.5 Å². The molecule has 0 spiro atoms. The van der Waals surface area contributed by atoms with Gasteiger partial charge in [-0.3, -0.25) is 9.59 Å². The highest BCUT2D eigenvalue weighted by molar-refractivity contribution is 5.97. The highest BCUT2D eigenvalue weighted by Gasteiger charge is 2.25. The monoisotopic (exact) mass is 205 g/mol.